The molecule has 2 unspecified atom stereocenters. The maximum absolute atomic E-state index is 13.8. The molecule has 0 aromatic heterocycles. The molecule has 2 atom stereocenters. The van der Waals surface area contributed by atoms with Gasteiger partial charge >= 0.3 is 0 Å². The van der Waals surface area contributed by atoms with Crippen LogP contribution in [0.1, 0.15) is 38.7 Å². The second-order valence-electron chi connectivity index (χ2n) is 5.84. The van der Waals surface area contributed by atoms with Crippen molar-refractivity contribution in [2.75, 3.05) is 5.32 Å². The standard InChI is InChI=1S/C15H21F2N/c1-9-4-10(2)6-12(5-9)18-15-8-13(16)11(3)7-14(15)17/h7-10,12,18H,4-6H2,1-3H3. The largest absolute Gasteiger partial charge is 0.380 e. The smallest absolute Gasteiger partial charge is 0.146 e. The van der Waals surface area contributed by atoms with E-state index >= 15 is 0 Å². The normalized spacial score (nSPS) is 28.2. The molecule has 1 nitrogen and oxygen atoms in total. The molecule has 1 aliphatic rings. The van der Waals surface area contributed by atoms with Crippen molar-refractivity contribution in [1.29, 1.82) is 0 Å². The van der Waals surface area contributed by atoms with Crippen LogP contribution in [-0.4, -0.2) is 6.04 Å². The van der Waals surface area contributed by atoms with Crippen molar-refractivity contribution in [3.63, 3.8) is 0 Å². The molecule has 0 radical (unpaired) electrons. The van der Waals surface area contributed by atoms with E-state index in [1.807, 2.05) is 0 Å². The van der Waals surface area contributed by atoms with Crippen LogP contribution in [0.5, 0.6) is 0 Å². The van der Waals surface area contributed by atoms with Gasteiger partial charge in [0.1, 0.15) is 11.6 Å². The van der Waals surface area contributed by atoms with E-state index in [2.05, 4.69) is 19.2 Å². The van der Waals surface area contributed by atoms with Gasteiger partial charge in [0, 0.05) is 12.1 Å². The second-order valence-corrected chi connectivity index (χ2v) is 5.84. The van der Waals surface area contributed by atoms with Gasteiger partial charge < -0.3 is 5.32 Å². The first-order valence-electron chi connectivity index (χ1n) is 6.68. The number of nitrogens with one attached hydrogen (secondary N) is 1. The predicted molar refractivity (Wildman–Crippen MR) is 70.7 cm³/mol. The Labute approximate surface area is 108 Å². The Morgan fingerprint density at radius 3 is 2.22 bits per heavy atom. The summed E-state index contributed by atoms with van der Waals surface area (Å²) in [6, 6.07) is 2.78. The van der Waals surface area contributed by atoms with Crippen LogP contribution in [0, 0.1) is 30.4 Å². The van der Waals surface area contributed by atoms with Crippen LogP contribution in [0.3, 0.4) is 0 Å². The number of hydrogen-bond acceptors (Lipinski definition) is 1. The van der Waals surface area contributed by atoms with E-state index < -0.39 is 0 Å². The van der Waals surface area contributed by atoms with E-state index in [1.54, 1.807) is 6.92 Å². The summed E-state index contributed by atoms with van der Waals surface area (Å²) in [4.78, 5) is 0. The molecule has 1 saturated carbocycles. The van der Waals surface area contributed by atoms with E-state index in [-0.39, 0.29) is 17.7 Å². The molecular weight excluding hydrogens is 232 g/mol. The fraction of sp³-hybridized carbons (Fsp3) is 0.600. The average Bonchev–Trinajstić information content (AvgIpc) is 2.24. The molecule has 0 heterocycles. The lowest BCUT2D eigenvalue weighted by atomic mass is 9.80. The van der Waals surface area contributed by atoms with E-state index in [4.69, 9.17) is 0 Å². The molecule has 100 valence electrons. The first-order chi connectivity index (χ1) is 8.45. The van der Waals surface area contributed by atoms with E-state index in [0.717, 1.165) is 12.8 Å². The van der Waals surface area contributed by atoms with E-state index in [9.17, 15) is 8.78 Å². The summed E-state index contributed by atoms with van der Waals surface area (Å²) in [5.41, 5.74) is 0.646. The van der Waals surface area contributed by atoms with E-state index in [1.165, 1.54) is 18.6 Å². The fourth-order valence-corrected chi connectivity index (χ4v) is 3.04. The van der Waals surface area contributed by atoms with E-state index in [0.29, 0.717) is 23.1 Å². The Bertz CT molecular complexity index is 421. The maximum Gasteiger partial charge on any atom is 0.146 e. The van der Waals surface area contributed by atoms with Crippen LogP contribution in [0.2, 0.25) is 0 Å². The van der Waals surface area contributed by atoms with Gasteiger partial charge in [0.05, 0.1) is 5.69 Å². The lowest BCUT2D eigenvalue weighted by Gasteiger charge is -2.32. The van der Waals surface area contributed by atoms with Crippen LogP contribution in [-0.2, 0) is 0 Å². The Kier molecular flexibility index (Phi) is 3.88. The zero-order chi connectivity index (χ0) is 13.3. The van der Waals surface area contributed by atoms with Crippen molar-refractivity contribution in [2.45, 2.75) is 46.1 Å². The first-order valence-corrected chi connectivity index (χ1v) is 6.68. The third-order valence-corrected chi connectivity index (χ3v) is 3.79. The van der Waals surface area contributed by atoms with Gasteiger partial charge in [0.2, 0.25) is 0 Å². The predicted octanol–water partition coefficient (Wildman–Crippen LogP) is 4.51. The summed E-state index contributed by atoms with van der Waals surface area (Å²) in [5.74, 6) is 0.574. The summed E-state index contributed by atoms with van der Waals surface area (Å²) in [6.07, 6.45) is 3.28. The molecule has 3 heteroatoms. The molecule has 1 aliphatic carbocycles. The Morgan fingerprint density at radius 2 is 1.61 bits per heavy atom. The number of hydrogen-bond donors (Lipinski definition) is 1. The Hall–Kier alpha value is -1.12. The highest BCUT2D eigenvalue weighted by Crippen LogP contribution is 2.31. The first kappa shape index (κ1) is 13.3. The molecule has 0 aliphatic heterocycles. The highest BCUT2D eigenvalue weighted by Gasteiger charge is 2.24. The van der Waals surface area contributed by atoms with Crippen molar-refractivity contribution >= 4 is 5.69 Å². The molecule has 18 heavy (non-hydrogen) atoms. The minimum atomic E-state index is -0.361. The van der Waals surface area contributed by atoms with Crippen LogP contribution in [0.15, 0.2) is 12.1 Å². The maximum atomic E-state index is 13.8. The number of rotatable bonds is 2. The van der Waals surface area contributed by atoms with Gasteiger partial charge in [-0.05, 0) is 49.7 Å². The van der Waals surface area contributed by atoms with Gasteiger partial charge in [-0.2, -0.15) is 0 Å². The van der Waals surface area contributed by atoms with Crippen LogP contribution < -0.4 is 5.32 Å². The summed E-state index contributed by atoms with van der Waals surface area (Å²) in [7, 11) is 0. The SMILES string of the molecule is Cc1cc(F)c(NC2CC(C)CC(C)C2)cc1F. The molecule has 1 aromatic carbocycles. The second kappa shape index (κ2) is 5.25. The van der Waals surface area contributed by atoms with Crippen molar-refractivity contribution in [3.8, 4) is 0 Å². The van der Waals surface area contributed by atoms with Crippen molar-refractivity contribution in [2.24, 2.45) is 11.8 Å². The highest BCUT2D eigenvalue weighted by molar-refractivity contribution is 5.47. The lowest BCUT2D eigenvalue weighted by molar-refractivity contribution is 0.280. The molecule has 1 N–H and O–H groups in total. The fourth-order valence-electron chi connectivity index (χ4n) is 3.04. The number of anilines is 1. The third kappa shape index (κ3) is 3.01. The zero-order valence-electron chi connectivity index (χ0n) is 11.3. The van der Waals surface area contributed by atoms with Gasteiger partial charge in [-0.1, -0.05) is 13.8 Å². The quantitative estimate of drug-likeness (QED) is 0.817. The molecule has 0 spiro atoms. The van der Waals surface area contributed by atoms with Crippen molar-refractivity contribution in [3.05, 3.63) is 29.3 Å². The Balaban J connectivity index is 2.11. The summed E-state index contributed by atoms with van der Waals surface area (Å²) in [5, 5.41) is 3.16. The summed E-state index contributed by atoms with van der Waals surface area (Å²) >= 11 is 0. The van der Waals surface area contributed by atoms with Gasteiger partial charge in [-0.3, -0.25) is 0 Å². The lowest BCUT2D eigenvalue weighted by Crippen LogP contribution is -2.30. The highest BCUT2D eigenvalue weighted by atomic mass is 19.1. The monoisotopic (exact) mass is 253 g/mol. The van der Waals surface area contributed by atoms with Crippen LogP contribution in [0.4, 0.5) is 14.5 Å². The molecule has 0 bridgehead atoms. The van der Waals surface area contributed by atoms with Crippen LogP contribution >= 0.6 is 0 Å². The number of halogens is 2. The van der Waals surface area contributed by atoms with Crippen LogP contribution in [0.25, 0.3) is 0 Å². The van der Waals surface area contributed by atoms with Gasteiger partial charge in [-0.15, -0.1) is 0 Å². The minimum Gasteiger partial charge on any atom is -0.380 e. The van der Waals surface area contributed by atoms with Gasteiger partial charge in [0.25, 0.3) is 0 Å². The molecule has 2 rings (SSSR count). The summed E-state index contributed by atoms with van der Waals surface area (Å²) < 4.78 is 27.2. The van der Waals surface area contributed by atoms with Crippen molar-refractivity contribution < 1.29 is 8.78 Å². The third-order valence-electron chi connectivity index (χ3n) is 3.79. The molecule has 1 aromatic rings. The number of aryl methyl sites for hydroxylation is 1. The zero-order valence-corrected chi connectivity index (χ0v) is 11.3. The minimum absolute atomic E-state index is 0.250. The number of benzene rings is 1. The molecule has 0 amide bonds. The molecule has 1 fully saturated rings. The Morgan fingerprint density at radius 1 is 1.00 bits per heavy atom. The molecule has 0 saturated heterocycles. The van der Waals surface area contributed by atoms with Gasteiger partial charge in [-0.25, -0.2) is 8.78 Å². The van der Waals surface area contributed by atoms with Crippen molar-refractivity contribution in [1.82, 2.24) is 0 Å². The summed E-state index contributed by atoms with van der Waals surface area (Å²) in [6.45, 7) is 6.01. The average molecular weight is 253 g/mol. The van der Waals surface area contributed by atoms with Gasteiger partial charge in [0.15, 0.2) is 0 Å². The molecular formula is C15H21F2N. The topological polar surface area (TPSA) is 12.0 Å².